The smallest absolute Gasteiger partial charge is 0.167 e. The number of hydrazone groups is 1. The minimum atomic E-state index is 0.0220. The topological polar surface area (TPSA) is 48.5 Å². The van der Waals surface area contributed by atoms with Crippen LogP contribution in [0.4, 0.5) is 0 Å². The van der Waals surface area contributed by atoms with Gasteiger partial charge in [-0.15, -0.1) is 0 Å². The van der Waals surface area contributed by atoms with Gasteiger partial charge in [0, 0.05) is 0 Å². The summed E-state index contributed by atoms with van der Waals surface area (Å²) in [5.74, 6) is 0.423. The van der Waals surface area contributed by atoms with Gasteiger partial charge >= 0.3 is 0 Å². The zero-order chi connectivity index (χ0) is 10.3. The van der Waals surface area contributed by atoms with Gasteiger partial charge in [0.2, 0.25) is 0 Å². The van der Waals surface area contributed by atoms with Crippen molar-refractivity contribution in [2.75, 3.05) is 0 Å². The first-order chi connectivity index (χ1) is 6.59. The maximum Gasteiger partial charge on any atom is 0.167 e. The highest BCUT2D eigenvalue weighted by Crippen LogP contribution is 2.18. The van der Waals surface area contributed by atoms with Gasteiger partial charge in [-0.05, 0) is 18.1 Å². The lowest BCUT2D eigenvalue weighted by molar-refractivity contribution is 0.451. The maximum atomic E-state index is 5.09. The molecule has 0 amide bonds. The summed E-state index contributed by atoms with van der Waals surface area (Å²) in [5.41, 5.74) is 4.21. The van der Waals surface area contributed by atoms with Gasteiger partial charge in [-0.2, -0.15) is 17.7 Å². The van der Waals surface area contributed by atoms with Crippen LogP contribution in [0.2, 0.25) is 0 Å². The van der Waals surface area contributed by atoms with Crippen LogP contribution in [-0.4, -0.2) is 28.3 Å². The summed E-state index contributed by atoms with van der Waals surface area (Å²) in [5, 5.41) is 11.3. The van der Waals surface area contributed by atoms with E-state index in [-0.39, 0.29) is 17.5 Å². The van der Waals surface area contributed by atoms with Gasteiger partial charge in [0.05, 0.1) is 23.2 Å². The first-order valence-corrected chi connectivity index (χ1v) is 5.60. The quantitative estimate of drug-likeness (QED) is 0.380. The van der Waals surface area contributed by atoms with Gasteiger partial charge in [-0.25, -0.2) is 0 Å². The highest BCUT2D eigenvalue weighted by Gasteiger charge is 2.40. The first-order valence-electron chi connectivity index (χ1n) is 4.67. The van der Waals surface area contributed by atoms with Gasteiger partial charge in [0.1, 0.15) is 0 Å². The predicted molar refractivity (Wildman–Crippen MR) is 64.6 cm³/mol. The molecule has 0 aliphatic carbocycles. The van der Waals surface area contributed by atoms with Gasteiger partial charge in [-0.3, -0.25) is 0 Å². The molecule has 0 radical (unpaired) electrons. The Balaban J connectivity index is 2.18. The zero-order valence-electron chi connectivity index (χ0n) is 8.11. The van der Waals surface area contributed by atoms with E-state index in [0.717, 1.165) is 5.71 Å². The number of hydrogen-bond acceptors (Lipinski definition) is 4. The lowest BCUT2D eigenvalue weighted by Gasteiger charge is -2.34. The fourth-order valence-electron chi connectivity index (χ4n) is 1.79. The number of fused-ring (bicyclic) bond motifs is 1. The van der Waals surface area contributed by atoms with Crippen LogP contribution in [-0.2, 0) is 0 Å². The summed E-state index contributed by atoms with van der Waals surface area (Å²) in [6.45, 7) is 4.26. The lowest BCUT2D eigenvalue weighted by atomic mass is 9.95. The lowest BCUT2D eigenvalue weighted by Crippen LogP contribution is -2.65. The molecule has 0 aromatic carbocycles. The predicted octanol–water partition coefficient (Wildman–Crippen LogP) is 0.0724. The van der Waals surface area contributed by atoms with Crippen molar-refractivity contribution in [2.45, 2.75) is 31.3 Å². The summed E-state index contributed by atoms with van der Waals surface area (Å²) < 4.78 is 0. The van der Waals surface area contributed by atoms with Crippen molar-refractivity contribution in [3.8, 4) is 0 Å². The Morgan fingerprint density at radius 1 is 1.43 bits per heavy atom. The number of rotatable bonds is 1. The highest BCUT2D eigenvalue weighted by molar-refractivity contribution is 7.81. The number of thiocarbonyl (C=S) groups is 1. The summed E-state index contributed by atoms with van der Waals surface area (Å²) >= 11 is 9.52. The molecular weight excluding hydrogens is 216 g/mol. The number of thiol groups is 1. The van der Waals surface area contributed by atoms with Crippen molar-refractivity contribution < 1.29 is 0 Å². The molecule has 0 saturated carbocycles. The van der Waals surface area contributed by atoms with Crippen LogP contribution < -0.4 is 16.1 Å². The number of nitrogens with zero attached hydrogens (tertiary/aromatic N) is 1. The van der Waals surface area contributed by atoms with E-state index in [2.05, 4.69) is 47.6 Å². The van der Waals surface area contributed by atoms with E-state index < -0.39 is 0 Å². The van der Waals surface area contributed by atoms with Gasteiger partial charge < -0.3 is 16.1 Å². The molecule has 3 atom stereocenters. The van der Waals surface area contributed by atoms with E-state index >= 15 is 0 Å². The average molecular weight is 230 g/mol. The average Bonchev–Trinajstić information content (AvgIpc) is 2.47. The molecule has 6 heteroatoms. The van der Waals surface area contributed by atoms with Gasteiger partial charge in [0.15, 0.2) is 5.11 Å². The molecule has 3 unspecified atom stereocenters. The third-order valence-corrected chi connectivity index (χ3v) is 3.20. The van der Waals surface area contributed by atoms with Gasteiger partial charge in [0.25, 0.3) is 0 Å². The summed E-state index contributed by atoms with van der Waals surface area (Å²) in [4.78, 5) is 0. The Morgan fingerprint density at radius 2 is 2.14 bits per heavy atom. The fourth-order valence-corrected chi connectivity index (χ4v) is 2.50. The highest BCUT2D eigenvalue weighted by atomic mass is 32.1. The minimum Gasteiger partial charge on any atom is -0.352 e. The van der Waals surface area contributed by atoms with E-state index in [1.165, 1.54) is 0 Å². The largest absolute Gasteiger partial charge is 0.352 e. The maximum absolute atomic E-state index is 5.09. The Bertz CT molecular complexity index is 289. The third kappa shape index (κ3) is 1.56. The molecule has 2 aliphatic heterocycles. The molecule has 2 heterocycles. The minimum absolute atomic E-state index is 0.0220. The summed E-state index contributed by atoms with van der Waals surface area (Å²) in [7, 11) is 0. The van der Waals surface area contributed by atoms with E-state index in [9.17, 15) is 0 Å². The third-order valence-electron chi connectivity index (χ3n) is 2.52. The zero-order valence-corrected chi connectivity index (χ0v) is 9.82. The Labute approximate surface area is 94.3 Å². The van der Waals surface area contributed by atoms with Crippen LogP contribution in [0, 0.1) is 5.92 Å². The Morgan fingerprint density at radius 3 is 2.79 bits per heavy atom. The molecule has 4 nitrogen and oxygen atoms in total. The molecule has 2 aliphatic rings. The molecule has 14 heavy (non-hydrogen) atoms. The molecule has 3 N–H and O–H groups in total. The van der Waals surface area contributed by atoms with Gasteiger partial charge in [-0.1, -0.05) is 13.8 Å². The number of nitrogens with one attached hydrogen (secondary N) is 3. The van der Waals surface area contributed by atoms with Crippen molar-refractivity contribution in [2.24, 2.45) is 11.0 Å². The second-order valence-corrected chi connectivity index (χ2v) is 4.85. The normalized spacial score (nSPS) is 35.6. The Kier molecular flexibility index (Phi) is 2.57. The molecule has 0 spiro atoms. The second kappa shape index (κ2) is 3.58. The number of hydrogen-bond donors (Lipinski definition) is 4. The van der Waals surface area contributed by atoms with Crippen molar-refractivity contribution in [1.29, 1.82) is 0 Å². The van der Waals surface area contributed by atoms with Crippen molar-refractivity contribution in [1.82, 2.24) is 16.1 Å². The van der Waals surface area contributed by atoms with Crippen LogP contribution in [0.3, 0.4) is 0 Å². The molecule has 1 fully saturated rings. The van der Waals surface area contributed by atoms with Crippen molar-refractivity contribution in [3.05, 3.63) is 0 Å². The molecular formula is C8H14N4S2. The molecule has 78 valence electrons. The van der Waals surface area contributed by atoms with Crippen LogP contribution in [0.1, 0.15) is 13.8 Å². The van der Waals surface area contributed by atoms with E-state index in [1.54, 1.807) is 0 Å². The molecule has 0 bridgehead atoms. The van der Waals surface area contributed by atoms with Crippen LogP contribution in [0.5, 0.6) is 0 Å². The van der Waals surface area contributed by atoms with Crippen LogP contribution in [0.15, 0.2) is 5.10 Å². The molecule has 0 aromatic rings. The summed E-state index contributed by atoms with van der Waals surface area (Å²) in [6.07, 6.45) is 0. The monoisotopic (exact) mass is 230 g/mol. The fraction of sp³-hybridized carbons (Fsp3) is 0.750. The first kappa shape index (κ1) is 10.0. The Hall–Kier alpha value is -0.490. The van der Waals surface area contributed by atoms with Crippen molar-refractivity contribution in [3.63, 3.8) is 0 Å². The van der Waals surface area contributed by atoms with E-state index in [4.69, 9.17) is 12.2 Å². The standard InChI is InChI=1S/C8H14N4S2/c1-3(2)4-5-6(12-11-4)7(13)10-8(14)9-5/h3,5-7,12-13H,1-2H3,(H2,9,10,14). The molecule has 1 saturated heterocycles. The van der Waals surface area contributed by atoms with Crippen LogP contribution >= 0.6 is 24.8 Å². The van der Waals surface area contributed by atoms with Crippen LogP contribution in [0.25, 0.3) is 0 Å². The SMILES string of the molecule is CC(C)C1=NNC2C(S)NC(=S)NC12. The summed E-state index contributed by atoms with van der Waals surface area (Å²) in [6, 6.07) is 0.369. The second-order valence-electron chi connectivity index (χ2n) is 3.89. The van der Waals surface area contributed by atoms with Crippen molar-refractivity contribution >= 4 is 35.7 Å². The molecule has 2 rings (SSSR count). The van der Waals surface area contributed by atoms with E-state index in [0.29, 0.717) is 11.0 Å². The van der Waals surface area contributed by atoms with E-state index in [1.807, 2.05) is 0 Å². The molecule has 0 aromatic heterocycles.